The fourth-order valence-corrected chi connectivity index (χ4v) is 2.14. The summed E-state index contributed by atoms with van der Waals surface area (Å²) in [6.07, 6.45) is 0. The average Bonchev–Trinajstić information content (AvgIpc) is 2.69. The van der Waals surface area contributed by atoms with Crippen LogP contribution in [0, 0.1) is 13.8 Å². The van der Waals surface area contributed by atoms with E-state index in [1.165, 1.54) is 11.3 Å². The highest BCUT2D eigenvalue weighted by molar-refractivity contribution is 7.12. The van der Waals surface area contributed by atoms with Gasteiger partial charge in [0.1, 0.15) is 0 Å². The summed E-state index contributed by atoms with van der Waals surface area (Å²) in [4.78, 5) is 17.1. The minimum absolute atomic E-state index is 0.0648. The number of pyridine rings is 1. The van der Waals surface area contributed by atoms with Gasteiger partial charge in [-0.05, 0) is 37.4 Å². The fraction of sp³-hybridized carbons (Fsp3) is 0.167. The van der Waals surface area contributed by atoms with Crippen molar-refractivity contribution in [1.82, 2.24) is 4.98 Å². The van der Waals surface area contributed by atoms with Crippen molar-refractivity contribution < 1.29 is 4.79 Å². The summed E-state index contributed by atoms with van der Waals surface area (Å²) in [6, 6.07) is 7.44. The lowest BCUT2D eigenvalue weighted by Gasteiger charge is -2.03. The van der Waals surface area contributed by atoms with Crippen molar-refractivity contribution in [3.05, 3.63) is 51.5 Å². The third-order valence-electron chi connectivity index (χ3n) is 2.21. The molecule has 0 bridgehead atoms. The molecule has 3 heteroatoms. The summed E-state index contributed by atoms with van der Waals surface area (Å²) in [5.41, 5.74) is 2.44. The zero-order chi connectivity index (χ0) is 10.8. The first-order chi connectivity index (χ1) is 7.18. The van der Waals surface area contributed by atoms with Gasteiger partial charge in [-0.1, -0.05) is 6.07 Å². The van der Waals surface area contributed by atoms with Gasteiger partial charge >= 0.3 is 0 Å². The summed E-state index contributed by atoms with van der Waals surface area (Å²) < 4.78 is 0. The largest absolute Gasteiger partial charge is 0.288 e. The quantitative estimate of drug-likeness (QED) is 0.724. The van der Waals surface area contributed by atoms with E-state index in [1.807, 2.05) is 43.5 Å². The Balaban J connectivity index is 2.42. The van der Waals surface area contributed by atoms with Crippen LogP contribution in [0.4, 0.5) is 0 Å². The van der Waals surface area contributed by atoms with Crippen molar-refractivity contribution in [3.63, 3.8) is 0 Å². The molecule has 0 fully saturated rings. The molecule has 76 valence electrons. The molecule has 15 heavy (non-hydrogen) atoms. The molecule has 2 rings (SSSR count). The van der Waals surface area contributed by atoms with E-state index in [2.05, 4.69) is 4.98 Å². The van der Waals surface area contributed by atoms with E-state index in [0.717, 1.165) is 16.3 Å². The Hall–Kier alpha value is -1.48. The molecule has 2 heterocycles. The molecule has 0 amide bonds. The number of aromatic nitrogens is 1. The number of hydrogen-bond acceptors (Lipinski definition) is 3. The molecule has 2 aromatic rings. The Labute approximate surface area is 92.6 Å². The number of aryl methyl sites for hydroxylation is 2. The summed E-state index contributed by atoms with van der Waals surface area (Å²) in [5, 5.41) is 1.91. The Morgan fingerprint density at radius 1 is 1.27 bits per heavy atom. The van der Waals surface area contributed by atoms with Gasteiger partial charge in [0.05, 0.1) is 4.88 Å². The molecule has 2 nitrogen and oxygen atoms in total. The van der Waals surface area contributed by atoms with Gasteiger partial charge in [0.15, 0.2) is 0 Å². The molecule has 0 unspecified atom stereocenters. The molecule has 0 N–H and O–H groups in total. The molecule has 0 saturated carbocycles. The van der Waals surface area contributed by atoms with Crippen LogP contribution in [0.2, 0.25) is 0 Å². The summed E-state index contributed by atoms with van der Waals surface area (Å²) >= 11 is 1.46. The van der Waals surface area contributed by atoms with E-state index in [0.29, 0.717) is 5.56 Å². The minimum atomic E-state index is 0.0648. The van der Waals surface area contributed by atoms with Crippen molar-refractivity contribution in [2.24, 2.45) is 0 Å². The summed E-state index contributed by atoms with van der Waals surface area (Å²) in [6.45, 7) is 3.79. The molecule has 2 aromatic heterocycles. The van der Waals surface area contributed by atoms with Gasteiger partial charge in [-0.3, -0.25) is 9.78 Å². The predicted octanol–water partition coefficient (Wildman–Crippen LogP) is 2.99. The number of rotatable bonds is 2. The summed E-state index contributed by atoms with van der Waals surface area (Å²) in [5.74, 6) is 0.0648. The Morgan fingerprint density at radius 2 is 2.07 bits per heavy atom. The van der Waals surface area contributed by atoms with Crippen molar-refractivity contribution in [2.45, 2.75) is 13.8 Å². The van der Waals surface area contributed by atoms with Crippen LogP contribution in [-0.4, -0.2) is 10.8 Å². The van der Waals surface area contributed by atoms with Crippen LogP contribution >= 0.6 is 11.3 Å². The highest BCUT2D eigenvalue weighted by Gasteiger charge is 2.12. The Kier molecular flexibility index (Phi) is 2.64. The van der Waals surface area contributed by atoms with E-state index < -0.39 is 0 Å². The summed E-state index contributed by atoms with van der Waals surface area (Å²) in [7, 11) is 0. The highest BCUT2D eigenvalue weighted by atomic mass is 32.1. The Bertz CT molecular complexity index is 488. The lowest BCUT2D eigenvalue weighted by molar-refractivity contribution is 0.104. The number of carbonyl (C=O) groups is 1. The molecule has 0 aliphatic heterocycles. The van der Waals surface area contributed by atoms with Crippen molar-refractivity contribution in [1.29, 1.82) is 0 Å². The van der Waals surface area contributed by atoms with Gasteiger partial charge in [-0.15, -0.1) is 11.3 Å². The lowest BCUT2D eigenvalue weighted by Crippen LogP contribution is -2.03. The van der Waals surface area contributed by atoms with E-state index in [4.69, 9.17) is 0 Å². The van der Waals surface area contributed by atoms with E-state index in [9.17, 15) is 4.79 Å². The average molecular weight is 217 g/mol. The van der Waals surface area contributed by atoms with Crippen LogP contribution < -0.4 is 0 Å². The number of thiophene rings is 1. The number of hydrogen-bond donors (Lipinski definition) is 0. The second-order valence-electron chi connectivity index (χ2n) is 3.39. The van der Waals surface area contributed by atoms with Crippen molar-refractivity contribution in [2.75, 3.05) is 0 Å². The van der Waals surface area contributed by atoms with Crippen LogP contribution in [0.25, 0.3) is 0 Å². The highest BCUT2D eigenvalue weighted by Crippen LogP contribution is 2.17. The molecule has 0 aliphatic carbocycles. The molecular formula is C12H11NOS. The first-order valence-electron chi connectivity index (χ1n) is 4.71. The molecule has 0 spiro atoms. The smallest absolute Gasteiger partial charge is 0.204 e. The first kappa shape index (κ1) is 10.1. The van der Waals surface area contributed by atoms with Crippen LogP contribution in [-0.2, 0) is 0 Å². The number of ketones is 1. The molecule has 0 saturated heterocycles. The second kappa shape index (κ2) is 3.95. The topological polar surface area (TPSA) is 30.0 Å². The van der Waals surface area contributed by atoms with Crippen LogP contribution in [0.5, 0.6) is 0 Å². The van der Waals surface area contributed by atoms with E-state index >= 15 is 0 Å². The third kappa shape index (κ3) is 1.97. The maximum absolute atomic E-state index is 12.0. The van der Waals surface area contributed by atoms with Crippen LogP contribution in [0.15, 0.2) is 29.6 Å². The van der Waals surface area contributed by atoms with Gasteiger partial charge in [0.25, 0.3) is 0 Å². The Morgan fingerprint density at radius 3 is 2.67 bits per heavy atom. The fourth-order valence-electron chi connectivity index (χ4n) is 1.47. The zero-order valence-electron chi connectivity index (χ0n) is 8.65. The first-order valence-corrected chi connectivity index (χ1v) is 5.59. The SMILES string of the molecule is Cc1ccc(C(=O)c2cccs2)c(C)n1. The van der Waals surface area contributed by atoms with Gasteiger partial charge < -0.3 is 0 Å². The van der Waals surface area contributed by atoms with E-state index in [1.54, 1.807) is 0 Å². The normalized spacial score (nSPS) is 10.3. The minimum Gasteiger partial charge on any atom is -0.288 e. The maximum atomic E-state index is 12.0. The van der Waals surface area contributed by atoms with Gasteiger partial charge in [-0.25, -0.2) is 0 Å². The van der Waals surface area contributed by atoms with Crippen molar-refractivity contribution >= 4 is 17.1 Å². The standard InChI is InChI=1S/C12H11NOS/c1-8-5-6-10(9(2)13-8)12(14)11-4-3-7-15-11/h3-7H,1-2H3. The number of carbonyl (C=O) groups excluding carboxylic acids is 1. The maximum Gasteiger partial charge on any atom is 0.204 e. The van der Waals surface area contributed by atoms with Gasteiger partial charge in [-0.2, -0.15) is 0 Å². The molecular weight excluding hydrogens is 206 g/mol. The van der Waals surface area contributed by atoms with Crippen LogP contribution in [0.3, 0.4) is 0 Å². The zero-order valence-corrected chi connectivity index (χ0v) is 9.47. The predicted molar refractivity (Wildman–Crippen MR) is 61.5 cm³/mol. The van der Waals surface area contributed by atoms with Gasteiger partial charge in [0, 0.05) is 17.0 Å². The molecule has 0 aliphatic rings. The van der Waals surface area contributed by atoms with Crippen LogP contribution in [0.1, 0.15) is 26.6 Å². The lowest BCUT2D eigenvalue weighted by atomic mass is 10.1. The monoisotopic (exact) mass is 217 g/mol. The van der Waals surface area contributed by atoms with E-state index in [-0.39, 0.29) is 5.78 Å². The number of nitrogens with zero attached hydrogens (tertiary/aromatic N) is 1. The molecule has 0 atom stereocenters. The van der Waals surface area contributed by atoms with Crippen molar-refractivity contribution in [3.8, 4) is 0 Å². The second-order valence-corrected chi connectivity index (χ2v) is 4.34. The van der Waals surface area contributed by atoms with Gasteiger partial charge in [0.2, 0.25) is 5.78 Å². The molecule has 0 aromatic carbocycles. The third-order valence-corrected chi connectivity index (χ3v) is 3.08. The molecule has 0 radical (unpaired) electrons.